The summed E-state index contributed by atoms with van der Waals surface area (Å²) in [5.74, 6) is 1.70. The third-order valence-electron chi connectivity index (χ3n) is 2.44. The fourth-order valence-electron chi connectivity index (χ4n) is 1.48. The molecule has 1 rings (SSSR count). The van der Waals surface area contributed by atoms with Gasteiger partial charge in [-0.15, -0.1) is 10.2 Å². The van der Waals surface area contributed by atoms with Gasteiger partial charge < -0.3 is 15.4 Å². The van der Waals surface area contributed by atoms with Crippen molar-refractivity contribution >= 4 is 0 Å². The zero-order chi connectivity index (χ0) is 11.5. The molecule has 1 aromatic rings. The monoisotopic (exact) mass is 212 g/mol. The van der Waals surface area contributed by atoms with Crippen LogP contribution < -0.4 is 5.73 Å². The minimum absolute atomic E-state index is 0.227. The quantitative estimate of drug-likeness (QED) is 0.733. The molecule has 1 heterocycles. The summed E-state index contributed by atoms with van der Waals surface area (Å²) in [6.45, 7) is 6.85. The van der Waals surface area contributed by atoms with E-state index in [-0.39, 0.29) is 6.54 Å². The zero-order valence-corrected chi connectivity index (χ0v) is 9.69. The lowest BCUT2D eigenvalue weighted by Gasteiger charge is -2.20. The first-order chi connectivity index (χ1) is 7.00. The van der Waals surface area contributed by atoms with Crippen LogP contribution in [-0.4, -0.2) is 32.0 Å². The molecule has 5 heteroatoms. The van der Waals surface area contributed by atoms with Gasteiger partial charge in [-0.2, -0.15) is 0 Å². The molecule has 0 bridgehead atoms. The summed E-state index contributed by atoms with van der Waals surface area (Å²) in [6.07, 6.45) is 1.47. The maximum Gasteiger partial charge on any atom is 0.135 e. The fraction of sp³-hybridized carbons (Fsp3) is 0.800. The first kappa shape index (κ1) is 12.1. The zero-order valence-electron chi connectivity index (χ0n) is 9.69. The highest BCUT2D eigenvalue weighted by atomic mass is 16.3. The Kier molecular flexibility index (Phi) is 3.82. The number of aliphatic hydroxyl groups is 1. The summed E-state index contributed by atoms with van der Waals surface area (Å²) in [7, 11) is 0. The minimum atomic E-state index is -0.898. The number of aromatic nitrogens is 3. The Morgan fingerprint density at radius 3 is 2.67 bits per heavy atom. The van der Waals surface area contributed by atoms with Gasteiger partial charge in [0.2, 0.25) is 0 Å². The lowest BCUT2D eigenvalue weighted by Crippen LogP contribution is -2.37. The molecule has 0 saturated heterocycles. The molecule has 0 aliphatic heterocycles. The Balaban J connectivity index is 2.85. The summed E-state index contributed by atoms with van der Waals surface area (Å²) < 4.78 is 2.03. The molecule has 1 atom stereocenters. The summed E-state index contributed by atoms with van der Waals surface area (Å²) in [6, 6.07) is 0. The van der Waals surface area contributed by atoms with E-state index in [2.05, 4.69) is 17.1 Å². The largest absolute Gasteiger partial charge is 0.388 e. The molecule has 0 aromatic carbocycles. The SMILES string of the molecule is CCCn1c(C)nnc1CC(C)(O)CN. The van der Waals surface area contributed by atoms with Crippen molar-refractivity contribution in [2.24, 2.45) is 5.73 Å². The van der Waals surface area contributed by atoms with Gasteiger partial charge in [0.25, 0.3) is 0 Å². The van der Waals surface area contributed by atoms with Crippen molar-refractivity contribution in [2.45, 2.75) is 45.8 Å². The molecule has 5 nitrogen and oxygen atoms in total. The molecule has 0 amide bonds. The van der Waals surface area contributed by atoms with Gasteiger partial charge in [-0.25, -0.2) is 0 Å². The van der Waals surface area contributed by atoms with E-state index in [0.29, 0.717) is 6.42 Å². The van der Waals surface area contributed by atoms with E-state index in [0.717, 1.165) is 24.6 Å². The van der Waals surface area contributed by atoms with Gasteiger partial charge in [0.05, 0.1) is 5.60 Å². The third kappa shape index (κ3) is 3.00. The van der Waals surface area contributed by atoms with Crippen molar-refractivity contribution in [3.63, 3.8) is 0 Å². The van der Waals surface area contributed by atoms with Gasteiger partial charge in [0.1, 0.15) is 11.6 Å². The van der Waals surface area contributed by atoms with E-state index in [1.165, 1.54) is 0 Å². The fourth-order valence-corrected chi connectivity index (χ4v) is 1.48. The van der Waals surface area contributed by atoms with E-state index in [1.54, 1.807) is 6.92 Å². The highest BCUT2D eigenvalue weighted by Gasteiger charge is 2.22. The van der Waals surface area contributed by atoms with Gasteiger partial charge in [-0.1, -0.05) is 6.92 Å². The van der Waals surface area contributed by atoms with Crippen molar-refractivity contribution in [2.75, 3.05) is 6.54 Å². The summed E-state index contributed by atoms with van der Waals surface area (Å²) >= 11 is 0. The van der Waals surface area contributed by atoms with Crippen molar-refractivity contribution in [3.05, 3.63) is 11.6 Å². The summed E-state index contributed by atoms with van der Waals surface area (Å²) in [5.41, 5.74) is 4.58. The van der Waals surface area contributed by atoms with E-state index in [4.69, 9.17) is 5.73 Å². The van der Waals surface area contributed by atoms with Crippen LogP contribution in [0.5, 0.6) is 0 Å². The molecule has 1 aromatic heterocycles. The number of aryl methyl sites for hydroxylation is 1. The van der Waals surface area contributed by atoms with Gasteiger partial charge in [0, 0.05) is 19.5 Å². The Labute approximate surface area is 90.3 Å². The molecule has 0 saturated carbocycles. The number of hydrogen-bond acceptors (Lipinski definition) is 4. The lowest BCUT2D eigenvalue weighted by atomic mass is 10.0. The molecule has 3 N–H and O–H groups in total. The molecule has 0 radical (unpaired) electrons. The molecule has 0 aliphatic rings. The lowest BCUT2D eigenvalue weighted by molar-refractivity contribution is 0.0664. The van der Waals surface area contributed by atoms with Crippen molar-refractivity contribution in [3.8, 4) is 0 Å². The average molecular weight is 212 g/mol. The normalized spacial score (nSPS) is 15.3. The third-order valence-corrected chi connectivity index (χ3v) is 2.44. The van der Waals surface area contributed by atoms with Crippen LogP contribution in [0.25, 0.3) is 0 Å². The van der Waals surface area contributed by atoms with Crippen LogP contribution >= 0.6 is 0 Å². The van der Waals surface area contributed by atoms with Crippen molar-refractivity contribution in [1.29, 1.82) is 0 Å². The van der Waals surface area contributed by atoms with Crippen LogP contribution in [0.2, 0.25) is 0 Å². The van der Waals surface area contributed by atoms with E-state index >= 15 is 0 Å². The van der Waals surface area contributed by atoms with Gasteiger partial charge in [0.15, 0.2) is 0 Å². The molecular formula is C10H20N4O. The molecule has 1 unspecified atom stereocenters. The Bertz CT molecular complexity index is 319. The molecule has 0 spiro atoms. The minimum Gasteiger partial charge on any atom is -0.388 e. The van der Waals surface area contributed by atoms with Gasteiger partial charge in [-0.3, -0.25) is 0 Å². The van der Waals surface area contributed by atoms with Crippen LogP contribution in [-0.2, 0) is 13.0 Å². The maximum atomic E-state index is 9.87. The second kappa shape index (κ2) is 4.72. The standard InChI is InChI=1S/C10H20N4O/c1-4-5-14-8(2)12-13-9(14)6-10(3,15)7-11/h15H,4-7,11H2,1-3H3. The molecule has 15 heavy (non-hydrogen) atoms. The predicted molar refractivity (Wildman–Crippen MR) is 58.4 cm³/mol. The summed E-state index contributed by atoms with van der Waals surface area (Å²) in [4.78, 5) is 0. The van der Waals surface area contributed by atoms with Crippen molar-refractivity contribution in [1.82, 2.24) is 14.8 Å². The van der Waals surface area contributed by atoms with Crippen molar-refractivity contribution < 1.29 is 5.11 Å². The molecular weight excluding hydrogens is 192 g/mol. The van der Waals surface area contributed by atoms with Crippen LogP contribution in [0.1, 0.15) is 31.9 Å². The van der Waals surface area contributed by atoms with E-state index in [1.807, 2.05) is 11.5 Å². The van der Waals surface area contributed by atoms with Crippen LogP contribution in [0, 0.1) is 6.92 Å². The molecule has 86 valence electrons. The van der Waals surface area contributed by atoms with Crippen LogP contribution in [0.15, 0.2) is 0 Å². The number of hydrogen-bond donors (Lipinski definition) is 2. The Morgan fingerprint density at radius 1 is 1.47 bits per heavy atom. The maximum absolute atomic E-state index is 9.87. The number of rotatable bonds is 5. The van der Waals surface area contributed by atoms with E-state index in [9.17, 15) is 5.11 Å². The number of nitrogens with two attached hydrogens (primary N) is 1. The molecule has 0 aliphatic carbocycles. The second-order valence-electron chi connectivity index (χ2n) is 4.19. The van der Waals surface area contributed by atoms with Crippen LogP contribution in [0.4, 0.5) is 0 Å². The second-order valence-corrected chi connectivity index (χ2v) is 4.19. The highest BCUT2D eigenvalue weighted by molar-refractivity contribution is 4.98. The summed E-state index contributed by atoms with van der Waals surface area (Å²) in [5, 5.41) is 18.0. The molecule has 0 fully saturated rings. The Hall–Kier alpha value is -0.940. The highest BCUT2D eigenvalue weighted by Crippen LogP contribution is 2.11. The van der Waals surface area contributed by atoms with Gasteiger partial charge in [-0.05, 0) is 20.3 Å². The average Bonchev–Trinajstić information content (AvgIpc) is 2.50. The first-order valence-electron chi connectivity index (χ1n) is 5.31. The topological polar surface area (TPSA) is 77.0 Å². The number of nitrogens with zero attached hydrogens (tertiary/aromatic N) is 3. The smallest absolute Gasteiger partial charge is 0.135 e. The first-order valence-corrected chi connectivity index (χ1v) is 5.31. The van der Waals surface area contributed by atoms with E-state index < -0.39 is 5.60 Å². The van der Waals surface area contributed by atoms with Crippen LogP contribution in [0.3, 0.4) is 0 Å². The Morgan fingerprint density at radius 2 is 2.13 bits per heavy atom. The van der Waals surface area contributed by atoms with Gasteiger partial charge >= 0.3 is 0 Å². The predicted octanol–water partition coefficient (Wildman–Crippen LogP) is 0.249.